The molecule has 0 aromatic carbocycles. The Labute approximate surface area is 66.0 Å². The van der Waals surface area contributed by atoms with Crippen LogP contribution in [0.2, 0.25) is 0 Å². The summed E-state index contributed by atoms with van der Waals surface area (Å²) in [4.78, 5) is 10.4. The second-order valence-corrected chi connectivity index (χ2v) is 3.03. The zero-order valence-corrected chi connectivity index (χ0v) is 6.82. The Morgan fingerprint density at radius 3 is 2.60 bits per heavy atom. The van der Waals surface area contributed by atoms with Crippen molar-refractivity contribution in [2.45, 2.75) is 25.1 Å². The first-order valence-corrected chi connectivity index (χ1v) is 3.59. The topological polar surface area (TPSA) is 43.1 Å². The quantitative estimate of drug-likeness (QED) is 0.492. The molecule has 0 saturated carbocycles. The SMILES string of the molecule is C=C(CCC(C)Cl)C(N)=O. The molecule has 0 bridgehead atoms. The van der Waals surface area contributed by atoms with Crippen LogP contribution in [0, 0.1) is 0 Å². The molecule has 0 aromatic heterocycles. The third-order valence-corrected chi connectivity index (χ3v) is 1.41. The summed E-state index contributed by atoms with van der Waals surface area (Å²) in [5.41, 5.74) is 5.39. The van der Waals surface area contributed by atoms with Gasteiger partial charge < -0.3 is 5.73 Å². The highest BCUT2D eigenvalue weighted by molar-refractivity contribution is 6.20. The van der Waals surface area contributed by atoms with Crippen molar-refractivity contribution in [3.8, 4) is 0 Å². The number of carbonyl (C=O) groups excluding carboxylic acids is 1. The van der Waals surface area contributed by atoms with E-state index in [0.29, 0.717) is 12.0 Å². The van der Waals surface area contributed by atoms with Crippen LogP contribution in [0.4, 0.5) is 0 Å². The van der Waals surface area contributed by atoms with Gasteiger partial charge in [0.05, 0.1) is 0 Å². The van der Waals surface area contributed by atoms with E-state index in [2.05, 4.69) is 6.58 Å². The minimum absolute atomic E-state index is 0.0797. The number of alkyl halides is 1. The van der Waals surface area contributed by atoms with Crippen molar-refractivity contribution in [3.63, 3.8) is 0 Å². The Bertz CT molecular complexity index is 143. The lowest BCUT2D eigenvalue weighted by Crippen LogP contribution is -2.13. The number of halogens is 1. The first kappa shape index (κ1) is 9.50. The zero-order valence-electron chi connectivity index (χ0n) is 6.06. The van der Waals surface area contributed by atoms with Gasteiger partial charge in [0.25, 0.3) is 0 Å². The maximum atomic E-state index is 10.4. The largest absolute Gasteiger partial charge is 0.366 e. The second kappa shape index (κ2) is 4.34. The molecule has 0 spiro atoms. The van der Waals surface area contributed by atoms with Crippen LogP contribution in [0.15, 0.2) is 12.2 Å². The fraction of sp³-hybridized carbons (Fsp3) is 0.571. The summed E-state index contributed by atoms with van der Waals surface area (Å²) in [6, 6.07) is 0. The van der Waals surface area contributed by atoms with E-state index in [9.17, 15) is 4.79 Å². The van der Waals surface area contributed by atoms with Crippen molar-refractivity contribution in [2.24, 2.45) is 5.73 Å². The molecule has 3 heteroatoms. The molecule has 58 valence electrons. The van der Waals surface area contributed by atoms with E-state index in [1.165, 1.54) is 0 Å². The fourth-order valence-electron chi connectivity index (χ4n) is 0.496. The number of nitrogens with two attached hydrogens (primary N) is 1. The van der Waals surface area contributed by atoms with Gasteiger partial charge in [0.15, 0.2) is 0 Å². The Morgan fingerprint density at radius 2 is 2.30 bits per heavy atom. The van der Waals surface area contributed by atoms with E-state index < -0.39 is 5.91 Å². The van der Waals surface area contributed by atoms with Crippen LogP contribution in [-0.4, -0.2) is 11.3 Å². The molecule has 0 aliphatic carbocycles. The van der Waals surface area contributed by atoms with E-state index in [0.717, 1.165) is 6.42 Å². The molecule has 1 amide bonds. The fourth-order valence-corrected chi connectivity index (χ4v) is 0.605. The molecule has 0 fully saturated rings. The van der Waals surface area contributed by atoms with Crippen molar-refractivity contribution in [1.29, 1.82) is 0 Å². The molecule has 0 aromatic rings. The lowest BCUT2D eigenvalue weighted by molar-refractivity contribution is -0.114. The van der Waals surface area contributed by atoms with Crippen molar-refractivity contribution in [2.75, 3.05) is 0 Å². The second-order valence-electron chi connectivity index (χ2n) is 2.29. The maximum absolute atomic E-state index is 10.4. The van der Waals surface area contributed by atoms with Gasteiger partial charge in [0.1, 0.15) is 0 Å². The predicted octanol–water partition coefficient (Wildman–Crippen LogP) is 1.44. The van der Waals surface area contributed by atoms with Crippen LogP contribution in [0.3, 0.4) is 0 Å². The highest BCUT2D eigenvalue weighted by atomic mass is 35.5. The molecule has 2 nitrogen and oxygen atoms in total. The molecular formula is C7H12ClNO. The maximum Gasteiger partial charge on any atom is 0.244 e. The van der Waals surface area contributed by atoms with Crippen molar-refractivity contribution in [3.05, 3.63) is 12.2 Å². The van der Waals surface area contributed by atoms with Gasteiger partial charge in [-0.1, -0.05) is 6.58 Å². The molecule has 1 atom stereocenters. The van der Waals surface area contributed by atoms with Crippen LogP contribution >= 0.6 is 11.6 Å². The van der Waals surface area contributed by atoms with Crippen LogP contribution in [0.25, 0.3) is 0 Å². The number of hydrogen-bond acceptors (Lipinski definition) is 1. The van der Waals surface area contributed by atoms with Gasteiger partial charge in [-0.15, -0.1) is 11.6 Å². The smallest absolute Gasteiger partial charge is 0.244 e. The first-order valence-electron chi connectivity index (χ1n) is 3.15. The van der Waals surface area contributed by atoms with Crippen molar-refractivity contribution < 1.29 is 4.79 Å². The number of primary amides is 1. The van der Waals surface area contributed by atoms with Gasteiger partial charge >= 0.3 is 0 Å². The van der Waals surface area contributed by atoms with Crippen molar-refractivity contribution >= 4 is 17.5 Å². The van der Waals surface area contributed by atoms with E-state index in [1.54, 1.807) is 0 Å². The minimum Gasteiger partial charge on any atom is -0.366 e. The van der Waals surface area contributed by atoms with E-state index in [1.807, 2.05) is 6.92 Å². The average molecular weight is 162 g/mol. The van der Waals surface area contributed by atoms with Gasteiger partial charge in [0.2, 0.25) is 5.91 Å². The molecule has 10 heavy (non-hydrogen) atoms. The number of hydrogen-bond donors (Lipinski definition) is 1. The predicted molar refractivity (Wildman–Crippen MR) is 42.9 cm³/mol. The van der Waals surface area contributed by atoms with Gasteiger partial charge in [-0.2, -0.15) is 0 Å². The zero-order chi connectivity index (χ0) is 8.15. The summed E-state index contributed by atoms with van der Waals surface area (Å²) in [5, 5.41) is 0.0797. The lowest BCUT2D eigenvalue weighted by atomic mass is 10.1. The monoisotopic (exact) mass is 161 g/mol. The molecule has 0 heterocycles. The Balaban J connectivity index is 3.50. The van der Waals surface area contributed by atoms with Crippen LogP contribution < -0.4 is 5.73 Å². The molecule has 0 radical (unpaired) electrons. The Hall–Kier alpha value is -0.500. The molecule has 1 unspecified atom stereocenters. The van der Waals surface area contributed by atoms with E-state index in [-0.39, 0.29) is 5.38 Å². The summed E-state index contributed by atoms with van der Waals surface area (Å²) >= 11 is 5.63. The normalized spacial score (nSPS) is 12.6. The van der Waals surface area contributed by atoms with E-state index >= 15 is 0 Å². The van der Waals surface area contributed by atoms with E-state index in [4.69, 9.17) is 17.3 Å². The summed E-state index contributed by atoms with van der Waals surface area (Å²) in [6.07, 6.45) is 1.35. The summed E-state index contributed by atoms with van der Waals surface area (Å²) in [7, 11) is 0. The third-order valence-electron chi connectivity index (χ3n) is 1.19. The molecule has 0 saturated heterocycles. The standard InChI is InChI=1S/C7H12ClNO/c1-5(7(9)10)3-4-6(2)8/h6H,1,3-4H2,2H3,(H2,9,10). The van der Waals surface area contributed by atoms with Crippen LogP contribution in [-0.2, 0) is 4.79 Å². The van der Waals surface area contributed by atoms with Crippen LogP contribution in [0.1, 0.15) is 19.8 Å². The van der Waals surface area contributed by atoms with Crippen molar-refractivity contribution in [1.82, 2.24) is 0 Å². The molecule has 0 aliphatic rings. The van der Waals surface area contributed by atoms with Gasteiger partial charge in [-0.3, -0.25) is 4.79 Å². The van der Waals surface area contributed by atoms with Gasteiger partial charge in [-0.05, 0) is 19.8 Å². The Morgan fingerprint density at radius 1 is 1.80 bits per heavy atom. The molecular weight excluding hydrogens is 150 g/mol. The minimum atomic E-state index is -0.433. The number of amides is 1. The highest BCUT2D eigenvalue weighted by Crippen LogP contribution is 2.08. The van der Waals surface area contributed by atoms with Crippen LogP contribution in [0.5, 0.6) is 0 Å². The highest BCUT2D eigenvalue weighted by Gasteiger charge is 2.02. The number of rotatable bonds is 4. The lowest BCUT2D eigenvalue weighted by Gasteiger charge is -2.01. The number of carbonyl (C=O) groups is 1. The molecule has 0 rings (SSSR count). The Kier molecular flexibility index (Phi) is 4.12. The average Bonchev–Trinajstić information content (AvgIpc) is 1.82. The van der Waals surface area contributed by atoms with Gasteiger partial charge in [-0.25, -0.2) is 0 Å². The third kappa shape index (κ3) is 4.39. The summed E-state index contributed by atoms with van der Waals surface area (Å²) < 4.78 is 0. The van der Waals surface area contributed by atoms with Gasteiger partial charge in [0, 0.05) is 11.0 Å². The summed E-state index contributed by atoms with van der Waals surface area (Å²) in [5.74, 6) is -0.433. The molecule has 2 N–H and O–H groups in total. The molecule has 0 aliphatic heterocycles. The first-order chi connectivity index (χ1) is 4.54. The summed E-state index contributed by atoms with van der Waals surface area (Å²) in [6.45, 7) is 5.36.